The summed E-state index contributed by atoms with van der Waals surface area (Å²) >= 11 is 0. The molecule has 0 aliphatic heterocycles. The predicted molar refractivity (Wildman–Crippen MR) is 46.8 cm³/mol. The van der Waals surface area contributed by atoms with Gasteiger partial charge in [-0.2, -0.15) is 0 Å². The van der Waals surface area contributed by atoms with Gasteiger partial charge < -0.3 is 4.74 Å². The van der Waals surface area contributed by atoms with E-state index in [1.54, 1.807) is 12.4 Å². The van der Waals surface area contributed by atoms with Crippen LogP contribution in [0.3, 0.4) is 0 Å². The molecule has 1 rings (SSSR count). The normalized spacial score (nSPS) is 10.6. The van der Waals surface area contributed by atoms with Gasteiger partial charge in [-0.25, -0.2) is 9.97 Å². The average Bonchev–Trinajstić information content (AvgIpc) is 2.05. The SMILES string of the molecule is CC(C)OCCc1ncccn1. The second-order valence-corrected chi connectivity index (χ2v) is 2.83. The lowest BCUT2D eigenvalue weighted by Gasteiger charge is -2.05. The first-order valence-corrected chi connectivity index (χ1v) is 4.16. The van der Waals surface area contributed by atoms with Crippen molar-refractivity contribution >= 4 is 0 Å². The lowest BCUT2D eigenvalue weighted by atomic mass is 10.4. The van der Waals surface area contributed by atoms with Crippen LogP contribution >= 0.6 is 0 Å². The molecule has 0 N–H and O–H groups in total. The van der Waals surface area contributed by atoms with Crippen molar-refractivity contribution in [3.8, 4) is 0 Å². The van der Waals surface area contributed by atoms with Crippen molar-refractivity contribution in [1.29, 1.82) is 0 Å². The van der Waals surface area contributed by atoms with Gasteiger partial charge in [0.1, 0.15) is 5.82 Å². The van der Waals surface area contributed by atoms with Gasteiger partial charge in [0.15, 0.2) is 0 Å². The smallest absolute Gasteiger partial charge is 0.130 e. The molecule has 0 aliphatic rings. The van der Waals surface area contributed by atoms with Crippen molar-refractivity contribution in [2.24, 2.45) is 0 Å². The maximum absolute atomic E-state index is 5.37. The Labute approximate surface area is 72.8 Å². The lowest BCUT2D eigenvalue weighted by Crippen LogP contribution is -2.07. The van der Waals surface area contributed by atoms with Crippen LogP contribution in [-0.4, -0.2) is 22.7 Å². The molecule has 0 atom stereocenters. The fourth-order valence-electron chi connectivity index (χ4n) is 0.845. The van der Waals surface area contributed by atoms with Gasteiger partial charge in [-0.3, -0.25) is 0 Å². The van der Waals surface area contributed by atoms with E-state index in [1.807, 2.05) is 19.9 Å². The van der Waals surface area contributed by atoms with Gasteiger partial charge in [0.2, 0.25) is 0 Å². The van der Waals surface area contributed by atoms with Gasteiger partial charge in [-0.15, -0.1) is 0 Å². The summed E-state index contributed by atoms with van der Waals surface area (Å²) in [6.07, 6.45) is 4.57. The zero-order chi connectivity index (χ0) is 8.81. The molecule has 3 nitrogen and oxygen atoms in total. The molecular formula is C9H14N2O. The third-order valence-corrected chi connectivity index (χ3v) is 1.40. The molecule has 1 aromatic heterocycles. The highest BCUT2D eigenvalue weighted by molar-refractivity contribution is 4.88. The Bertz CT molecular complexity index is 211. The third kappa shape index (κ3) is 3.44. The third-order valence-electron chi connectivity index (χ3n) is 1.40. The van der Waals surface area contributed by atoms with Gasteiger partial charge in [0.25, 0.3) is 0 Å². The largest absolute Gasteiger partial charge is 0.378 e. The summed E-state index contributed by atoms with van der Waals surface area (Å²) in [5.74, 6) is 0.846. The van der Waals surface area contributed by atoms with Crippen molar-refractivity contribution in [2.75, 3.05) is 6.61 Å². The summed E-state index contributed by atoms with van der Waals surface area (Å²) in [6.45, 7) is 4.74. The molecule has 0 aliphatic carbocycles. The minimum Gasteiger partial charge on any atom is -0.378 e. The molecule has 0 radical (unpaired) electrons. The lowest BCUT2D eigenvalue weighted by molar-refractivity contribution is 0.0804. The van der Waals surface area contributed by atoms with Crippen LogP contribution in [0.4, 0.5) is 0 Å². The van der Waals surface area contributed by atoms with Gasteiger partial charge in [-0.1, -0.05) is 0 Å². The predicted octanol–water partition coefficient (Wildman–Crippen LogP) is 1.44. The molecule has 0 unspecified atom stereocenters. The van der Waals surface area contributed by atoms with E-state index in [0.29, 0.717) is 6.61 Å². The zero-order valence-electron chi connectivity index (χ0n) is 7.53. The van der Waals surface area contributed by atoms with Crippen molar-refractivity contribution in [3.63, 3.8) is 0 Å². The maximum atomic E-state index is 5.37. The van der Waals surface area contributed by atoms with E-state index >= 15 is 0 Å². The molecule has 0 bridgehead atoms. The van der Waals surface area contributed by atoms with Crippen molar-refractivity contribution in [1.82, 2.24) is 9.97 Å². The Kier molecular flexibility index (Phi) is 3.67. The van der Waals surface area contributed by atoms with Crippen LogP contribution in [-0.2, 0) is 11.2 Å². The molecule has 66 valence electrons. The molecule has 0 saturated heterocycles. The van der Waals surface area contributed by atoms with E-state index in [9.17, 15) is 0 Å². The first-order chi connectivity index (χ1) is 5.79. The van der Waals surface area contributed by atoms with E-state index in [2.05, 4.69) is 9.97 Å². The number of ether oxygens (including phenoxy) is 1. The molecule has 12 heavy (non-hydrogen) atoms. The van der Waals surface area contributed by atoms with Crippen molar-refractivity contribution in [2.45, 2.75) is 26.4 Å². The zero-order valence-corrected chi connectivity index (χ0v) is 7.53. The highest BCUT2D eigenvalue weighted by Crippen LogP contribution is 1.93. The van der Waals surface area contributed by atoms with E-state index in [4.69, 9.17) is 4.74 Å². The topological polar surface area (TPSA) is 35.0 Å². The number of aromatic nitrogens is 2. The van der Waals surface area contributed by atoms with Crippen LogP contribution in [0, 0.1) is 0 Å². The molecule has 0 amide bonds. The van der Waals surface area contributed by atoms with Crippen LogP contribution in [0.2, 0.25) is 0 Å². The Balaban J connectivity index is 2.25. The summed E-state index contributed by atoms with van der Waals surface area (Å²) in [4.78, 5) is 8.17. The first kappa shape index (κ1) is 9.13. The Morgan fingerprint density at radius 2 is 2.00 bits per heavy atom. The number of rotatable bonds is 4. The van der Waals surface area contributed by atoms with Crippen LogP contribution in [0.25, 0.3) is 0 Å². The molecule has 0 fully saturated rings. The second kappa shape index (κ2) is 4.83. The highest BCUT2D eigenvalue weighted by atomic mass is 16.5. The molecule has 1 aromatic rings. The number of nitrogens with zero attached hydrogens (tertiary/aromatic N) is 2. The van der Waals surface area contributed by atoms with E-state index in [0.717, 1.165) is 12.2 Å². The fourth-order valence-corrected chi connectivity index (χ4v) is 0.845. The standard InChI is InChI=1S/C9H14N2O/c1-8(2)12-7-4-9-10-5-3-6-11-9/h3,5-6,8H,4,7H2,1-2H3. The molecule has 0 spiro atoms. The molecule has 0 aromatic carbocycles. The van der Waals surface area contributed by atoms with E-state index in [-0.39, 0.29) is 6.10 Å². The second-order valence-electron chi connectivity index (χ2n) is 2.83. The van der Waals surface area contributed by atoms with E-state index < -0.39 is 0 Å². The Hall–Kier alpha value is -0.960. The summed E-state index contributed by atoms with van der Waals surface area (Å²) < 4.78 is 5.37. The summed E-state index contributed by atoms with van der Waals surface area (Å²) in [5, 5.41) is 0. The quantitative estimate of drug-likeness (QED) is 0.679. The average molecular weight is 166 g/mol. The molecule has 0 saturated carbocycles. The molecule has 1 heterocycles. The van der Waals surface area contributed by atoms with Gasteiger partial charge in [0, 0.05) is 18.8 Å². The van der Waals surface area contributed by atoms with Crippen molar-refractivity contribution in [3.05, 3.63) is 24.3 Å². The minimum atomic E-state index is 0.286. The first-order valence-electron chi connectivity index (χ1n) is 4.16. The highest BCUT2D eigenvalue weighted by Gasteiger charge is 1.96. The molecular weight excluding hydrogens is 152 g/mol. The van der Waals surface area contributed by atoms with Crippen LogP contribution in [0.5, 0.6) is 0 Å². The van der Waals surface area contributed by atoms with Crippen LogP contribution in [0.1, 0.15) is 19.7 Å². The van der Waals surface area contributed by atoms with Gasteiger partial charge >= 0.3 is 0 Å². The Morgan fingerprint density at radius 3 is 2.58 bits per heavy atom. The minimum absolute atomic E-state index is 0.286. The van der Waals surface area contributed by atoms with E-state index in [1.165, 1.54) is 0 Å². The summed E-state index contributed by atoms with van der Waals surface area (Å²) in [6, 6.07) is 1.81. The van der Waals surface area contributed by atoms with Gasteiger partial charge in [0.05, 0.1) is 12.7 Å². The fraction of sp³-hybridized carbons (Fsp3) is 0.556. The summed E-state index contributed by atoms with van der Waals surface area (Å²) in [5.41, 5.74) is 0. The van der Waals surface area contributed by atoms with Crippen LogP contribution < -0.4 is 0 Å². The monoisotopic (exact) mass is 166 g/mol. The Morgan fingerprint density at radius 1 is 1.33 bits per heavy atom. The summed E-state index contributed by atoms with van der Waals surface area (Å²) in [7, 11) is 0. The van der Waals surface area contributed by atoms with Gasteiger partial charge in [-0.05, 0) is 19.9 Å². The maximum Gasteiger partial charge on any atom is 0.130 e. The van der Waals surface area contributed by atoms with Crippen LogP contribution in [0.15, 0.2) is 18.5 Å². The molecule has 3 heteroatoms. The van der Waals surface area contributed by atoms with Crippen molar-refractivity contribution < 1.29 is 4.74 Å². The number of hydrogen-bond acceptors (Lipinski definition) is 3. The number of hydrogen-bond donors (Lipinski definition) is 0.